The molecule has 2 heteroatoms. The molecule has 0 aliphatic heterocycles. The maximum atomic E-state index is 13.2. The van der Waals surface area contributed by atoms with E-state index in [0.717, 1.165) is 25.7 Å². The fourth-order valence-electron chi connectivity index (χ4n) is 2.75. The van der Waals surface area contributed by atoms with Gasteiger partial charge < -0.3 is 0 Å². The van der Waals surface area contributed by atoms with E-state index in [-0.39, 0.29) is 17.5 Å². The molecule has 98 valence electrons. The maximum absolute atomic E-state index is 13.2. The molecule has 1 saturated carbocycles. The van der Waals surface area contributed by atoms with Crippen molar-refractivity contribution in [2.45, 2.75) is 51.9 Å². The van der Waals surface area contributed by atoms with Gasteiger partial charge in [0.2, 0.25) is 0 Å². The van der Waals surface area contributed by atoms with Gasteiger partial charge in [0.25, 0.3) is 0 Å². The van der Waals surface area contributed by atoms with Gasteiger partial charge in [-0.15, -0.1) is 0 Å². The summed E-state index contributed by atoms with van der Waals surface area (Å²) in [4.78, 5) is 12.4. The summed E-state index contributed by atoms with van der Waals surface area (Å²) in [7, 11) is 0. The Bertz CT molecular complexity index is 417. The molecule has 1 fully saturated rings. The Hall–Kier alpha value is -1.18. The van der Waals surface area contributed by atoms with Crippen LogP contribution in [0.5, 0.6) is 0 Å². The lowest BCUT2D eigenvalue weighted by Gasteiger charge is -2.18. The molecule has 2 rings (SSSR count). The number of benzene rings is 1. The van der Waals surface area contributed by atoms with Crippen LogP contribution >= 0.6 is 0 Å². The van der Waals surface area contributed by atoms with Crippen LogP contribution in [0, 0.1) is 18.7 Å². The van der Waals surface area contributed by atoms with Gasteiger partial charge in [0, 0.05) is 11.5 Å². The van der Waals surface area contributed by atoms with Crippen LogP contribution in [0.3, 0.4) is 0 Å². The molecule has 0 spiro atoms. The number of halogens is 1. The van der Waals surface area contributed by atoms with Crippen LogP contribution in [0.15, 0.2) is 18.2 Å². The zero-order valence-corrected chi connectivity index (χ0v) is 11.0. The third kappa shape index (κ3) is 3.18. The van der Waals surface area contributed by atoms with E-state index in [1.54, 1.807) is 19.1 Å². The van der Waals surface area contributed by atoms with Crippen molar-refractivity contribution in [3.8, 4) is 0 Å². The van der Waals surface area contributed by atoms with Gasteiger partial charge in [-0.2, -0.15) is 0 Å². The van der Waals surface area contributed by atoms with Crippen LogP contribution in [0.1, 0.15) is 60.9 Å². The highest BCUT2D eigenvalue weighted by atomic mass is 19.1. The second-order valence-corrected chi connectivity index (χ2v) is 5.37. The highest BCUT2D eigenvalue weighted by Crippen LogP contribution is 2.26. The highest BCUT2D eigenvalue weighted by molar-refractivity contribution is 5.98. The first-order chi connectivity index (χ1) is 8.68. The predicted molar refractivity (Wildman–Crippen MR) is 71.3 cm³/mol. The van der Waals surface area contributed by atoms with Crippen molar-refractivity contribution in [3.63, 3.8) is 0 Å². The summed E-state index contributed by atoms with van der Waals surface area (Å²) in [5.74, 6) is 0.124. The summed E-state index contributed by atoms with van der Waals surface area (Å²) in [6.45, 7) is 1.71. The zero-order chi connectivity index (χ0) is 13.0. The second kappa shape index (κ2) is 6.12. The monoisotopic (exact) mass is 248 g/mol. The number of carbonyl (C=O) groups excluding carboxylic acids is 1. The quantitative estimate of drug-likeness (QED) is 0.695. The average Bonchev–Trinajstić information content (AvgIpc) is 2.31. The maximum Gasteiger partial charge on any atom is 0.165 e. The molecule has 0 unspecified atom stereocenters. The van der Waals surface area contributed by atoms with Crippen molar-refractivity contribution < 1.29 is 9.18 Å². The number of hydrogen-bond acceptors (Lipinski definition) is 1. The number of hydrogen-bond donors (Lipinski definition) is 0. The lowest BCUT2D eigenvalue weighted by Crippen LogP contribution is -2.16. The van der Waals surface area contributed by atoms with Crippen molar-refractivity contribution in [1.29, 1.82) is 0 Å². The van der Waals surface area contributed by atoms with Crippen molar-refractivity contribution in [2.24, 2.45) is 5.92 Å². The molecule has 0 amide bonds. The van der Waals surface area contributed by atoms with Crippen molar-refractivity contribution >= 4 is 5.78 Å². The van der Waals surface area contributed by atoms with Gasteiger partial charge in [-0.3, -0.25) is 4.79 Å². The molecule has 1 nitrogen and oxygen atoms in total. The van der Waals surface area contributed by atoms with E-state index in [4.69, 9.17) is 0 Å². The lowest BCUT2D eigenvalue weighted by atomic mass is 9.85. The third-order valence-corrected chi connectivity index (χ3v) is 3.92. The molecule has 1 aromatic rings. The van der Waals surface area contributed by atoms with Crippen molar-refractivity contribution in [1.82, 2.24) is 0 Å². The molecular weight excluding hydrogens is 227 g/mol. The minimum absolute atomic E-state index is 0.148. The Kier molecular flexibility index (Phi) is 4.51. The van der Waals surface area contributed by atoms with Crippen LogP contribution in [-0.2, 0) is 0 Å². The molecule has 0 aromatic heterocycles. The summed E-state index contributed by atoms with van der Waals surface area (Å²) >= 11 is 0. The molecule has 1 aliphatic rings. The topological polar surface area (TPSA) is 17.1 Å². The van der Waals surface area contributed by atoms with Gasteiger partial charge in [-0.1, -0.05) is 32.1 Å². The van der Waals surface area contributed by atoms with E-state index in [2.05, 4.69) is 0 Å². The SMILES string of the molecule is Cc1cc(C(=O)C2CCCCCCC2)ccc1F. The Morgan fingerprint density at radius 1 is 1.11 bits per heavy atom. The van der Waals surface area contributed by atoms with Gasteiger partial charge in [0.15, 0.2) is 5.78 Å². The van der Waals surface area contributed by atoms with Gasteiger partial charge in [0.05, 0.1) is 0 Å². The number of aryl methyl sites for hydroxylation is 1. The molecule has 1 aliphatic carbocycles. The molecule has 0 bridgehead atoms. The molecule has 0 heterocycles. The first-order valence-corrected chi connectivity index (χ1v) is 6.99. The predicted octanol–water partition coefficient (Wildman–Crippen LogP) is 4.68. The van der Waals surface area contributed by atoms with Gasteiger partial charge >= 0.3 is 0 Å². The Morgan fingerprint density at radius 2 is 1.72 bits per heavy atom. The fraction of sp³-hybridized carbons (Fsp3) is 0.562. The minimum Gasteiger partial charge on any atom is -0.294 e. The Morgan fingerprint density at radius 3 is 2.33 bits per heavy atom. The van der Waals surface area contributed by atoms with Crippen LogP contribution in [-0.4, -0.2) is 5.78 Å². The number of rotatable bonds is 2. The number of ketones is 1. The second-order valence-electron chi connectivity index (χ2n) is 5.37. The molecule has 1 aromatic carbocycles. The van der Waals surface area contributed by atoms with Crippen LogP contribution < -0.4 is 0 Å². The minimum atomic E-state index is -0.232. The molecular formula is C16H21FO. The summed E-state index contributed by atoms with van der Waals surface area (Å²) in [5, 5.41) is 0. The molecule has 0 atom stereocenters. The zero-order valence-electron chi connectivity index (χ0n) is 11.0. The lowest BCUT2D eigenvalue weighted by molar-refractivity contribution is 0.0898. The number of carbonyl (C=O) groups is 1. The summed E-state index contributed by atoms with van der Waals surface area (Å²) in [5.41, 5.74) is 1.24. The van der Waals surface area contributed by atoms with E-state index in [1.165, 1.54) is 25.3 Å². The highest BCUT2D eigenvalue weighted by Gasteiger charge is 2.21. The van der Waals surface area contributed by atoms with Gasteiger partial charge in [-0.25, -0.2) is 4.39 Å². The first kappa shape index (κ1) is 13.3. The molecule has 0 saturated heterocycles. The number of Topliss-reactive ketones (excluding diaryl/α,β-unsaturated/α-hetero) is 1. The van der Waals surface area contributed by atoms with E-state index in [1.807, 2.05) is 0 Å². The van der Waals surface area contributed by atoms with E-state index in [0.29, 0.717) is 11.1 Å². The van der Waals surface area contributed by atoms with E-state index in [9.17, 15) is 9.18 Å². The van der Waals surface area contributed by atoms with E-state index < -0.39 is 0 Å². The summed E-state index contributed by atoms with van der Waals surface area (Å²) in [6, 6.07) is 4.73. The molecule has 0 N–H and O–H groups in total. The van der Waals surface area contributed by atoms with Gasteiger partial charge in [-0.05, 0) is 43.5 Å². The summed E-state index contributed by atoms with van der Waals surface area (Å²) in [6.07, 6.45) is 8.08. The van der Waals surface area contributed by atoms with Crippen LogP contribution in [0.4, 0.5) is 4.39 Å². The van der Waals surface area contributed by atoms with E-state index >= 15 is 0 Å². The first-order valence-electron chi connectivity index (χ1n) is 6.99. The fourth-order valence-corrected chi connectivity index (χ4v) is 2.75. The Balaban J connectivity index is 2.10. The Labute approximate surface area is 108 Å². The summed E-state index contributed by atoms with van der Waals surface area (Å²) < 4.78 is 13.2. The van der Waals surface area contributed by atoms with Crippen molar-refractivity contribution in [2.75, 3.05) is 0 Å². The smallest absolute Gasteiger partial charge is 0.165 e. The van der Waals surface area contributed by atoms with Crippen molar-refractivity contribution in [3.05, 3.63) is 35.1 Å². The molecule has 0 radical (unpaired) electrons. The normalized spacial score (nSPS) is 18.1. The van der Waals surface area contributed by atoms with Gasteiger partial charge in [0.1, 0.15) is 5.82 Å². The standard InChI is InChI=1S/C16H21FO/c1-12-11-14(9-10-15(12)17)16(18)13-7-5-3-2-4-6-8-13/h9-11,13H,2-8H2,1H3. The van der Waals surface area contributed by atoms with Crippen LogP contribution in [0.2, 0.25) is 0 Å². The largest absolute Gasteiger partial charge is 0.294 e. The third-order valence-electron chi connectivity index (χ3n) is 3.92. The average molecular weight is 248 g/mol. The van der Waals surface area contributed by atoms with Crippen LogP contribution in [0.25, 0.3) is 0 Å². The molecule has 18 heavy (non-hydrogen) atoms.